The van der Waals surface area contributed by atoms with E-state index >= 15 is 0 Å². The van der Waals surface area contributed by atoms with Crippen molar-refractivity contribution >= 4 is 11.6 Å². The Morgan fingerprint density at radius 3 is 2.63 bits per heavy atom. The van der Waals surface area contributed by atoms with E-state index in [-0.39, 0.29) is 18.0 Å². The lowest BCUT2D eigenvalue weighted by molar-refractivity contribution is -0.116. The maximum atomic E-state index is 13.3. The summed E-state index contributed by atoms with van der Waals surface area (Å²) in [4.78, 5) is 13.6. The van der Waals surface area contributed by atoms with Crippen molar-refractivity contribution in [3.8, 4) is 0 Å². The molecule has 0 aliphatic carbocycles. The zero-order valence-corrected chi connectivity index (χ0v) is 11.2. The van der Waals surface area contributed by atoms with Crippen LogP contribution < -0.4 is 10.6 Å². The number of nitrogens with zero attached hydrogens (tertiary/aromatic N) is 1. The number of hydrogen-bond acceptors (Lipinski definition) is 3. The molecule has 1 rings (SSSR count). The fourth-order valence-corrected chi connectivity index (χ4v) is 1.43. The maximum absolute atomic E-state index is 13.3. The Morgan fingerprint density at radius 1 is 1.26 bits per heavy atom. The second-order valence-electron chi connectivity index (χ2n) is 4.48. The number of hydrogen-bond donors (Lipinski definition) is 2. The molecule has 6 heteroatoms. The predicted octanol–water partition coefficient (Wildman–Crippen LogP) is 1.44. The van der Waals surface area contributed by atoms with Crippen molar-refractivity contribution in [2.24, 2.45) is 0 Å². The highest BCUT2D eigenvalue weighted by Gasteiger charge is 2.07. The van der Waals surface area contributed by atoms with Gasteiger partial charge in [0.25, 0.3) is 0 Å². The van der Waals surface area contributed by atoms with E-state index in [0.29, 0.717) is 6.54 Å². The van der Waals surface area contributed by atoms with Gasteiger partial charge in [0.2, 0.25) is 5.91 Å². The first-order valence-corrected chi connectivity index (χ1v) is 6.09. The van der Waals surface area contributed by atoms with Crippen molar-refractivity contribution in [2.75, 3.05) is 39.0 Å². The number of likely N-dealkylation sites (N-methyl/N-ethyl adjacent to an activating group) is 1. The molecule has 1 aromatic rings. The van der Waals surface area contributed by atoms with Crippen molar-refractivity contribution in [3.63, 3.8) is 0 Å². The summed E-state index contributed by atoms with van der Waals surface area (Å²) >= 11 is 0. The first-order valence-electron chi connectivity index (χ1n) is 6.09. The molecule has 19 heavy (non-hydrogen) atoms. The third-order valence-electron chi connectivity index (χ3n) is 2.47. The number of carbonyl (C=O) groups is 1. The summed E-state index contributed by atoms with van der Waals surface area (Å²) in [6.07, 6.45) is 0.240. The molecule has 0 atom stereocenters. The minimum absolute atomic E-state index is 0.000286. The summed E-state index contributed by atoms with van der Waals surface area (Å²) in [6, 6.07) is 3.06. The number of amides is 1. The first-order chi connectivity index (χ1) is 8.99. The highest BCUT2D eigenvalue weighted by Crippen LogP contribution is 2.14. The van der Waals surface area contributed by atoms with Gasteiger partial charge >= 0.3 is 0 Å². The third-order valence-corrected chi connectivity index (χ3v) is 2.47. The molecule has 0 bridgehead atoms. The van der Waals surface area contributed by atoms with Gasteiger partial charge in [-0.05, 0) is 26.2 Å². The largest absolute Gasteiger partial charge is 0.324 e. The number of carbonyl (C=O) groups excluding carboxylic acids is 1. The number of nitrogens with one attached hydrogen (secondary N) is 2. The molecule has 0 unspecified atom stereocenters. The van der Waals surface area contributed by atoms with Crippen LogP contribution in [0.2, 0.25) is 0 Å². The molecule has 1 aromatic carbocycles. The van der Waals surface area contributed by atoms with Crippen LogP contribution in [0, 0.1) is 11.6 Å². The van der Waals surface area contributed by atoms with Crippen LogP contribution >= 0.6 is 0 Å². The Morgan fingerprint density at radius 2 is 2.00 bits per heavy atom. The average molecular weight is 271 g/mol. The quantitative estimate of drug-likeness (QED) is 0.738. The van der Waals surface area contributed by atoms with E-state index in [9.17, 15) is 13.6 Å². The molecule has 0 radical (unpaired) electrons. The smallest absolute Gasteiger partial charge is 0.225 e. The van der Waals surface area contributed by atoms with Gasteiger partial charge in [0.15, 0.2) is 0 Å². The van der Waals surface area contributed by atoms with Gasteiger partial charge < -0.3 is 15.5 Å². The van der Waals surface area contributed by atoms with Gasteiger partial charge in [0.1, 0.15) is 11.6 Å². The summed E-state index contributed by atoms with van der Waals surface area (Å²) in [6.45, 7) is 2.18. The first kappa shape index (κ1) is 15.5. The van der Waals surface area contributed by atoms with Gasteiger partial charge in [-0.25, -0.2) is 8.78 Å². The Labute approximate surface area is 111 Å². The lowest BCUT2D eigenvalue weighted by Gasteiger charge is -2.10. The molecule has 0 spiro atoms. The van der Waals surface area contributed by atoms with E-state index < -0.39 is 11.6 Å². The molecule has 0 heterocycles. The molecule has 2 N–H and O–H groups in total. The molecule has 1 amide bonds. The van der Waals surface area contributed by atoms with Gasteiger partial charge in [-0.15, -0.1) is 0 Å². The second kappa shape index (κ2) is 7.81. The highest BCUT2D eigenvalue weighted by atomic mass is 19.1. The SMILES string of the molecule is CN(C)CCNCCC(=O)Nc1ccc(F)cc1F. The van der Waals surface area contributed by atoms with Crippen molar-refractivity contribution in [3.05, 3.63) is 29.8 Å². The molecule has 0 fully saturated rings. The molecular formula is C13H19F2N3O. The summed E-state index contributed by atoms with van der Waals surface area (Å²) in [5.74, 6) is -1.74. The lowest BCUT2D eigenvalue weighted by Crippen LogP contribution is -2.29. The van der Waals surface area contributed by atoms with E-state index in [2.05, 4.69) is 10.6 Å². The van der Waals surface area contributed by atoms with E-state index in [0.717, 1.165) is 25.2 Å². The van der Waals surface area contributed by atoms with Crippen molar-refractivity contribution < 1.29 is 13.6 Å². The van der Waals surface area contributed by atoms with E-state index in [4.69, 9.17) is 0 Å². The molecule has 106 valence electrons. The van der Waals surface area contributed by atoms with Crippen molar-refractivity contribution in [2.45, 2.75) is 6.42 Å². The third kappa shape index (κ3) is 6.26. The monoisotopic (exact) mass is 271 g/mol. The Hall–Kier alpha value is -1.53. The number of benzene rings is 1. The molecular weight excluding hydrogens is 252 g/mol. The van der Waals surface area contributed by atoms with Crippen molar-refractivity contribution in [1.29, 1.82) is 0 Å². The fourth-order valence-electron chi connectivity index (χ4n) is 1.43. The van der Waals surface area contributed by atoms with Gasteiger partial charge in [-0.3, -0.25) is 4.79 Å². The molecule has 4 nitrogen and oxygen atoms in total. The lowest BCUT2D eigenvalue weighted by atomic mass is 10.3. The van der Waals surface area contributed by atoms with Crippen LogP contribution in [0.5, 0.6) is 0 Å². The summed E-state index contributed by atoms with van der Waals surface area (Å²) in [7, 11) is 3.93. The van der Waals surface area contributed by atoms with Gasteiger partial charge in [-0.2, -0.15) is 0 Å². The van der Waals surface area contributed by atoms with Gasteiger partial charge in [-0.1, -0.05) is 0 Å². The topological polar surface area (TPSA) is 44.4 Å². The van der Waals surface area contributed by atoms with Crippen LogP contribution in [0.15, 0.2) is 18.2 Å². The van der Waals surface area contributed by atoms with E-state index in [1.165, 1.54) is 6.07 Å². The zero-order valence-electron chi connectivity index (χ0n) is 11.2. The van der Waals surface area contributed by atoms with Crippen LogP contribution in [-0.2, 0) is 4.79 Å². The summed E-state index contributed by atoms with van der Waals surface area (Å²) < 4.78 is 25.9. The Kier molecular flexibility index (Phi) is 6.38. The maximum Gasteiger partial charge on any atom is 0.225 e. The zero-order chi connectivity index (χ0) is 14.3. The van der Waals surface area contributed by atoms with Gasteiger partial charge in [0.05, 0.1) is 5.69 Å². The molecule has 0 saturated carbocycles. The van der Waals surface area contributed by atoms with E-state index in [1.54, 1.807) is 0 Å². The molecule has 0 aliphatic heterocycles. The van der Waals surface area contributed by atoms with Crippen LogP contribution in [-0.4, -0.2) is 44.5 Å². The molecule has 0 aliphatic rings. The standard InChI is InChI=1S/C13H19F2N3O/c1-18(2)8-7-16-6-5-13(19)17-12-4-3-10(14)9-11(12)15/h3-4,9,16H,5-8H2,1-2H3,(H,17,19). The Bertz CT molecular complexity index is 424. The number of rotatable bonds is 7. The highest BCUT2D eigenvalue weighted by molar-refractivity contribution is 5.90. The van der Waals surface area contributed by atoms with Crippen molar-refractivity contribution in [1.82, 2.24) is 10.2 Å². The number of anilines is 1. The van der Waals surface area contributed by atoms with Crippen LogP contribution in [0.25, 0.3) is 0 Å². The number of halogens is 2. The van der Waals surface area contributed by atoms with E-state index in [1.807, 2.05) is 19.0 Å². The predicted molar refractivity (Wildman–Crippen MR) is 71.0 cm³/mol. The van der Waals surface area contributed by atoms with Crippen LogP contribution in [0.1, 0.15) is 6.42 Å². The van der Waals surface area contributed by atoms with Crippen LogP contribution in [0.4, 0.5) is 14.5 Å². The summed E-state index contributed by atoms with van der Waals surface area (Å²) in [5.41, 5.74) is -0.000286. The normalized spacial score (nSPS) is 10.8. The summed E-state index contributed by atoms with van der Waals surface area (Å²) in [5, 5.41) is 5.51. The van der Waals surface area contributed by atoms with Crippen LogP contribution in [0.3, 0.4) is 0 Å². The van der Waals surface area contributed by atoms with Gasteiger partial charge in [0, 0.05) is 32.1 Å². The second-order valence-corrected chi connectivity index (χ2v) is 4.48. The molecule has 0 saturated heterocycles. The minimum Gasteiger partial charge on any atom is -0.324 e. The average Bonchev–Trinajstić information content (AvgIpc) is 2.32. The minimum atomic E-state index is -0.770. The fraction of sp³-hybridized carbons (Fsp3) is 0.462. The Balaban J connectivity index is 2.27. The molecule has 0 aromatic heterocycles.